The first-order valence-corrected chi connectivity index (χ1v) is 8.45. The molecule has 0 radical (unpaired) electrons. The summed E-state index contributed by atoms with van der Waals surface area (Å²) in [5, 5.41) is 0. The van der Waals surface area contributed by atoms with Crippen molar-refractivity contribution in [2.45, 2.75) is 27.2 Å². The number of rotatable bonds is 6. The lowest BCUT2D eigenvalue weighted by Crippen LogP contribution is -2.41. The summed E-state index contributed by atoms with van der Waals surface area (Å²) in [6, 6.07) is 10.3. The van der Waals surface area contributed by atoms with Crippen molar-refractivity contribution in [2.75, 3.05) is 13.7 Å². The Morgan fingerprint density at radius 1 is 1.00 bits per heavy atom. The van der Waals surface area contributed by atoms with Gasteiger partial charge in [-0.15, -0.1) is 0 Å². The van der Waals surface area contributed by atoms with E-state index in [1.807, 2.05) is 26.8 Å². The van der Waals surface area contributed by atoms with E-state index in [0.717, 1.165) is 17.5 Å². The number of hydrogen-bond donors (Lipinski definition) is 2. The predicted octanol–water partition coefficient (Wildman–Crippen LogP) is 3.18. The van der Waals surface area contributed by atoms with E-state index in [0.29, 0.717) is 29.2 Å². The highest BCUT2D eigenvalue weighted by molar-refractivity contribution is 6.00. The SMILES string of the molecule is CCCOc1ccc(C(=O)NNC(=O)c2cccc(C)c2C)cc1OC. The van der Waals surface area contributed by atoms with Crippen LogP contribution in [-0.2, 0) is 0 Å². The van der Waals surface area contributed by atoms with Crippen molar-refractivity contribution in [1.29, 1.82) is 0 Å². The second kappa shape index (κ2) is 8.89. The second-order valence-electron chi connectivity index (χ2n) is 5.87. The molecule has 0 aliphatic heterocycles. The molecular formula is C20H24N2O4. The van der Waals surface area contributed by atoms with Gasteiger partial charge in [0.05, 0.1) is 13.7 Å². The van der Waals surface area contributed by atoms with E-state index in [9.17, 15) is 9.59 Å². The molecule has 0 atom stereocenters. The molecule has 0 bridgehead atoms. The van der Waals surface area contributed by atoms with Gasteiger partial charge in [-0.25, -0.2) is 0 Å². The maximum atomic E-state index is 12.3. The minimum absolute atomic E-state index is 0.354. The minimum Gasteiger partial charge on any atom is -0.493 e. The van der Waals surface area contributed by atoms with Gasteiger partial charge < -0.3 is 9.47 Å². The van der Waals surface area contributed by atoms with Crippen LogP contribution in [0.1, 0.15) is 45.2 Å². The fourth-order valence-electron chi connectivity index (χ4n) is 2.39. The first-order valence-electron chi connectivity index (χ1n) is 8.45. The number of benzene rings is 2. The van der Waals surface area contributed by atoms with Gasteiger partial charge in [0.2, 0.25) is 0 Å². The molecule has 6 nitrogen and oxygen atoms in total. The Hall–Kier alpha value is -3.02. The average Bonchev–Trinajstić information content (AvgIpc) is 2.66. The molecule has 0 saturated heterocycles. The molecule has 0 aliphatic carbocycles. The van der Waals surface area contributed by atoms with Crippen LogP contribution >= 0.6 is 0 Å². The lowest BCUT2D eigenvalue weighted by atomic mass is 10.0. The van der Waals surface area contributed by atoms with Crippen LogP contribution in [0.3, 0.4) is 0 Å². The van der Waals surface area contributed by atoms with Crippen molar-refractivity contribution in [1.82, 2.24) is 10.9 Å². The van der Waals surface area contributed by atoms with E-state index >= 15 is 0 Å². The third-order valence-electron chi connectivity index (χ3n) is 4.03. The lowest BCUT2D eigenvalue weighted by Gasteiger charge is -2.13. The molecule has 2 aromatic rings. The number of methoxy groups -OCH3 is 1. The van der Waals surface area contributed by atoms with Gasteiger partial charge >= 0.3 is 0 Å². The number of ether oxygens (including phenoxy) is 2. The molecule has 2 amide bonds. The quantitative estimate of drug-likeness (QED) is 0.780. The zero-order valence-corrected chi connectivity index (χ0v) is 15.5. The number of amides is 2. The van der Waals surface area contributed by atoms with Gasteiger partial charge in [0.15, 0.2) is 11.5 Å². The summed E-state index contributed by atoms with van der Waals surface area (Å²) in [6.45, 7) is 6.37. The van der Waals surface area contributed by atoms with Gasteiger partial charge in [-0.3, -0.25) is 20.4 Å². The number of hydrazine groups is 1. The molecule has 0 aliphatic rings. The zero-order valence-electron chi connectivity index (χ0n) is 15.5. The predicted molar refractivity (Wildman–Crippen MR) is 99.6 cm³/mol. The van der Waals surface area contributed by atoms with Crippen LogP contribution in [0.4, 0.5) is 0 Å². The van der Waals surface area contributed by atoms with Crippen molar-refractivity contribution in [3.63, 3.8) is 0 Å². The summed E-state index contributed by atoms with van der Waals surface area (Å²) < 4.78 is 10.8. The Bertz CT molecular complexity index is 802. The maximum absolute atomic E-state index is 12.3. The second-order valence-corrected chi connectivity index (χ2v) is 5.87. The zero-order chi connectivity index (χ0) is 19.1. The normalized spacial score (nSPS) is 10.2. The molecule has 0 saturated carbocycles. The highest BCUT2D eigenvalue weighted by Crippen LogP contribution is 2.28. The highest BCUT2D eigenvalue weighted by atomic mass is 16.5. The van der Waals surface area contributed by atoms with E-state index in [4.69, 9.17) is 9.47 Å². The summed E-state index contributed by atoms with van der Waals surface area (Å²) in [7, 11) is 1.51. The Labute approximate surface area is 153 Å². The molecule has 2 rings (SSSR count). The van der Waals surface area contributed by atoms with Gasteiger partial charge in [-0.05, 0) is 55.7 Å². The van der Waals surface area contributed by atoms with Crippen molar-refractivity contribution in [2.24, 2.45) is 0 Å². The van der Waals surface area contributed by atoms with Gasteiger partial charge in [-0.1, -0.05) is 19.1 Å². The molecular weight excluding hydrogens is 332 g/mol. The third kappa shape index (κ3) is 4.53. The topological polar surface area (TPSA) is 76.7 Å². The van der Waals surface area contributed by atoms with E-state index in [2.05, 4.69) is 10.9 Å². The van der Waals surface area contributed by atoms with Crippen LogP contribution in [0.5, 0.6) is 11.5 Å². The molecule has 26 heavy (non-hydrogen) atoms. The number of hydrogen-bond acceptors (Lipinski definition) is 4. The van der Waals surface area contributed by atoms with Crippen LogP contribution in [0.2, 0.25) is 0 Å². The summed E-state index contributed by atoms with van der Waals surface area (Å²) in [5.41, 5.74) is 7.62. The number of aryl methyl sites for hydroxylation is 1. The van der Waals surface area contributed by atoms with Gasteiger partial charge in [-0.2, -0.15) is 0 Å². The molecule has 6 heteroatoms. The van der Waals surface area contributed by atoms with E-state index < -0.39 is 5.91 Å². The molecule has 2 N–H and O–H groups in total. The van der Waals surface area contributed by atoms with Gasteiger partial charge in [0.25, 0.3) is 11.8 Å². The van der Waals surface area contributed by atoms with Gasteiger partial charge in [0, 0.05) is 11.1 Å². The smallest absolute Gasteiger partial charge is 0.269 e. The molecule has 0 aromatic heterocycles. The van der Waals surface area contributed by atoms with Crippen molar-refractivity contribution >= 4 is 11.8 Å². The number of carbonyl (C=O) groups is 2. The van der Waals surface area contributed by atoms with Crippen molar-refractivity contribution in [3.8, 4) is 11.5 Å². The first-order chi connectivity index (χ1) is 12.5. The van der Waals surface area contributed by atoms with Crippen LogP contribution in [0.25, 0.3) is 0 Å². The first kappa shape index (κ1) is 19.3. The third-order valence-corrected chi connectivity index (χ3v) is 4.03. The Morgan fingerprint density at radius 2 is 1.73 bits per heavy atom. The summed E-state index contributed by atoms with van der Waals surface area (Å²) in [6.07, 6.45) is 0.871. The number of nitrogens with one attached hydrogen (secondary N) is 2. The van der Waals surface area contributed by atoms with Crippen LogP contribution < -0.4 is 20.3 Å². The standard InChI is InChI=1S/C20H24N2O4/c1-5-11-26-17-10-9-15(12-18(17)25-4)19(23)21-22-20(24)16-8-6-7-13(2)14(16)3/h6-10,12H,5,11H2,1-4H3,(H,21,23)(H,22,24). The molecule has 0 unspecified atom stereocenters. The van der Waals surface area contributed by atoms with Crippen molar-refractivity contribution < 1.29 is 19.1 Å². The largest absolute Gasteiger partial charge is 0.493 e. The van der Waals surface area contributed by atoms with E-state index in [1.165, 1.54) is 7.11 Å². The summed E-state index contributed by atoms with van der Waals surface area (Å²) in [4.78, 5) is 24.6. The summed E-state index contributed by atoms with van der Waals surface area (Å²) in [5.74, 6) is 0.232. The van der Waals surface area contributed by atoms with Gasteiger partial charge in [0.1, 0.15) is 0 Å². The fraction of sp³-hybridized carbons (Fsp3) is 0.300. The molecule has 2 aromatic carbocycles. The fourth-order valence-corrected chi connectivity index (χ4v) is 2.39. The van der Waals surface area contributed by atoms with Crippen LogP contribution in [-0.4, -0.2) is 25.5 Å². The minimum atomic E-state index is -0.441. The van der Waals surface area contributed by atoms with E-state index in [1.54, 1.807) is 30.3 Å². The van der Waals surface area contributed by atoms with Crippen LogP contribution in [0, 0.1) is 13.8 Å². The van der Waals surface area contributed by atoms with Crippen molar-refractivity contribution in [3.05, 3.63) is 58.7 Å². The molecule has 0 fully saturated rings. The average molecular weight is 356 g/mol. The van der Waals surface area contributed by atoms with Crippen LogP contribution in [0.15, 0.2) is 36.4 Å². The lowest BCUT2D eigenvalue weighted by molar-refractivity contribution is 0.0846. The Kier molecular flexibility index (Phi) is 6.60. The van der Waals surface area contributed by atoms with E-state index in [-0.39, 0.29) is 5.91 Å². The highest BCUT2D eigenvalue weighted by Gasteiger charge is 2.14. The molecule has 0 heterocycles. The Morgan fingerprint density at radius 3 is 2.42 bits per heavy atom. The maximum Gasteiger partial charge on any atom is 0.269 e. The number of carbonyl (C=O) groups excluding carboxylic acids is 2. The molecule has 138 valence electrons. The summed E-state index contributed by atoms with van der Waals surface area (Å²) >= 11 is 0. The monoisotopic (exact) mass is 356 g/mol. The molecule has 0 spiro atoms. The Balaban J connectivity index is 2.05.